The van der Waals surface area contributed by atoms with E-state index in [4.69, 9.17) is 4.98 Å². The van der Waals surface area contributed by atoms with E-state index in [1.807, 2.05) is 60.5 Å². The van der Waals surface area contributed by atoms with Crippen molar-refractivity contribution >= 4 is 26.7 Å². The summed E-state index contributed by atoms with van der Waals surface area (Å²) in [4.78, 5) is 10.8. The van der Waals surface area contributed by atoms with E-state index in [1.54, 1.807) is 23.7 Å². The Morgan fingerprint density at radius 1 is 1.00 bits per heavy atom. The molecule has 5 heteroatoms. The highest BCUT2D eigenvalue weighted by Crippen LogP contribution is 2.32. The van der Waals surface area contributed by atoms with Gasteiger partial charge in [0.1, 0.15) is 0 Å². The lowest BCUT2D eigenvalue weighted by atomic mass is 10.1. The van der Waals surface area contributed by atoms with Crippen LogP contribution in [-0.4, -0.2) is 28.7 Å². The van der Waals surface area contributed by atoms with Crippen molar-refractivity contribution in [1.82, 2.24) is 9.97 Å². The fourth-order valence-corrected chi connectivity index (χ4v) is 3.89. The monoisotopic (exact) mass is 361 g/mol. The smallest absolute Gasteiger partial charge is 0.186 e. The van der Waals surface area contributed by atoms with Crippen LogP contribution in [0.1, 0.15) is 11.7 Å². The molecule has 4 aromatic rings. The number of aliphatic hydroxyl groups excluding tert-OH is 1. The molecule has 2 aromatic heterocycles. The first-order chi connectivity index (χ1) is 12.7. The summed E-state index contributed by atoms with van der Waals surface area (Å²) in [6.45, 7) is 0.501. The number of pyridine rings is 1. The van der Waals surface area contributed by atoms with Crippen molar-refractivity contribution in [1.29, 1.82) is 0 Å². The van der Waals surface area contributed by atoms with Crippen molar-refractivity contribution in [2.24, 2.45) is 0 Å². The lowest BCUT2D eigenvalue weighted by molar-refractivity contribution is 0.185. The quantitative estimate of drug-likeness (QED) is 0.567. The summed E-state index contributed by atoms with van der Waals surface area (Å²) in [7, 11) is 1.97. The van der Waals surface area contributed by atoms with E-state index in [1.165, 1.54) is 0 Å². The van der Waals surface area contributed by atoms with Crippen LogP contribution in [0.25, 0.3) is 21.3 Å². The Morgan fingerprint density at radius 3 is 2.54 bits per heavy atom. The molecule has 1 N–H and O–H groups in total. The van der Waals surface area contributed by atoms with Gasteiger partial charge in [0.25, 0.3) is 0 Å². The van der Waals surface area contributed by atoms with E-state index in [0.29, 0.717) is 6.54 Å². The van der Waals surface area contributed by atoms with Gasteiger partial charge in [-0.25, -0.2) is 4.98 Å². The molecular weight excluding hydrogens is 342 g/mol. The third kappa shape index (κ3) is 3.45. The topological polar surface area (TPSA) is 49.2 Å². The van der Waals surface area contributed by atoms with Crippen LogP contribution in [0.2, 0.25) is 0 Å². The Hall–Kier alpha value is -2.76. The molecule has 4 rings (SSSR count). The maximum absolute atomic E-state index is 10.4. The van der Waals surface area contributed by atoms with Crippen LogP contribution in [0.4, 0.5) is 5.13 Å². The van der Waals surface area contributed by atoms with Crippen molar-refractivity contribution in [2.45, 2.75) is 6.10 Å². The van der Waals surface area contributed by atoms with Gasteiger partial charge in [-0.3, -0.25) is 4.98 Å². The van der Waals surface area contributed by atoms with Gasteiger partial charge in [-0.1, -0.05) is 47.7 Å². The first-order valence-corrected chi connectivity index (χ1v) is 9.27. The number of rotatable bonds is 5. The molecule has 1 atom stereocenters. The van der Waals surface area contributed by atoms with Gasteiger partial charge in [0.15, 0.2) is 5.13 Å². The number of aliphatic hydroxyl groups is 1. The second-order valence-electron chi connectivity index (χ2n) is 6.22. The third-order valence-electron chi connectivity index (χ3n) is 4.35. The van der Waals surface area contributed by atoms with Crippen molar-refractivity contribution < 1.29 is 5.11 Å². The normalized spacial score (nSPS) is 12.2. The predicted molar refractivity (Wildman–Crippen MR) is 108 cm³/mol. The molecule has 26 heavy (non-hydrogen) atoms. The molecule has 2 heterocycles. The highest BCUT2D eigenvalue weighted by Gasteiger charge is 2.14. The van der Waals surface area contributed by atoms with Gasteiger partial charge in [0.2, 0.25) is 0 Å². The summed E-state index contributed by atoms with van der Waals surface area (Å²) in [5.74, 6) is 0. The number of anilines is 1. The standard InChI is InChI=1S/C21H19N3OS/c1-24(14-19(25)16-5-3-2-4-6-16)21-23-18-8-7-17(13-20(18)26-21)15-9-11-22-12-10-15/h2-13,19,25H,14H2,1H3. The van der Waals surface area contributed by atoms with Gasteiger partial charge < -0.3 is 10.0 Å². The molecule has 0 saturated heterocycles. The van der Waals surface area contributed by atoms with Gasteiger partial charge in [0.05, 0.1) is 16.3 Å². The average Bonchev–Trinajstić information content (AvgIpc) is 3.13. The molecule has 0 aliphatic rings. The van der Waals surface area contributed by atoms with Gasteiger partial charge >= 0.3 is 0 Å². The molecule has 130 valence electrons. The minimum absolute atomic E-state index is 0.501. The molecule has 2 aromatic carbocycles. The molecule has 0 radical (unpaired) electrons. The molecule has 0 aliphatic heterocycles. The third-order valence-corrected chi connectivity index (χ3v) is 5.48. The van der Waals surface area contributed by atoms with Gasteiger partial charge in [-0.15, -0.1) is 0 Å². The summed E-state index contributed by atoms with van der Waals surface area (Å²) in [5, 5.41) is 11.4. The Bertz CT molecular complexity index is 1000. The lowest BCUT2D eigenvalue weighted by Gasteiger charge is -2.20. The van der Waals surface area contributed by atoms with Crippen molar-refractivity contribution in [3.63, 3.8) is 0 Å². The highest BCUT2D eigenvalue weighted by atomic mass is 32.1. The van der Waals surface area contributed by atoms with Crippen molar-refractivity contribution in [2.75, 3.05) is 18.5 Å². The molecule has 0 bridgehead atoms. The number of aromatic nitrogens is 2. The number of hydrogen-bond donors (Lipinski definition) is 1. The van der Waals surface area contributed by atoms with E-state index in [9.17, 15) is 5.11 Å². The predicted octanol–water partition coefficient (Wildman–Crippen LogP) is 4.53. The maximum Gasteiger partial charge on any atom is 0.186 e. The minimum atomic E-state index is -0.541. The number of hydrogen-bond acceptors (Lipinski definition) is 5. The van der Waals surface area contributed by atoms with E-state index in [-0.39, 0.29) is 0 Å². The Morgan fingerprint density at radius 2 is 1.77 bits per heavy atom. The summed E-state index contributed by atoms with van der Waals surface area (Å²) in [5.41, 5.74) is 4.19. The Kier molecular flexibility index (Phi) is 4.65. The molecule has 0 amide bonds. The van der Waals surface area contributed by atoms with Crippen LogP contribution in [0, 0.1) is 0 Å². The van der Waals surface area contributed by atoms with E-state index < -0.39 is 6.10 Å². The van der Waals surface area contributed by atoms with Gasteiger partial charge in [-0.2, -0.15) is 0 Å². The number of nitrogens with zero attached hydrogens (tertiary/aromatic N) is 3. The largest absolute Gasteiger partial charge is 0.387 e. The summed E-state index contributed by atoms with van der Waals surface area (Å²) in [6.07, 6.45) is 3.06. The number of likely N-dealkylation sites (N-methyl/N-ethyl adjacent to an activating group) is 1. The zero-order chi connectivity index (χ0) is 17.9. The van der Waals surface area contributed by atoms with Crippen LogP contribution in [0.5, 0.6) is 0 Å². The first-order valence-electron chi connectivity index (χ1n) is 8.46. The van der Waals surface area contributed by atoms with Gasteiger partial charge in [0, 0.05) is 26.0 Å². The zero-order valence-electron chi connectivity index (χ0n) is 14.4. The van der Waals surface area contributed by atoms with Crippen LogP contribution >= 0.6 is 11.3 Å². The fraction of sp³-hybridized carbons (Fsp3) is 0.143. The first kappa shape index (κ1) is 16.7. The van der Waals surface area contributed by atoms with Crippen LogP contribution < -0.4 is 4.90 Å². The molecule has 0 aliphatic carbocycles. The SMILES string of the molecule is CN(CC(O)c1ccccc1)c1nc2ccc(-c3ccncc3)cc2s1. The van der Waals surface area contributed by atoms with Crippen LogP contribution in [0.3, 0.4) is 0 Å². The van der Waals surface area contributed by atoms with Crippen molar-refractivity contribution in [3.8, 4) is 11.1 Å². The minimum Gasteiger partial charge on any atom is -0.387 e. The number of benzene rings is 2. The number of thiazole rings is 1. The van der Waals surface area contributed by atoms with Crippen molar-refractivity contribution in [3.05, 3.63) is 78.6 Å². The molecule has 0 saturated carbocycles. The Balaban J connectivity index is 1.57. The fourth-order valence-electron chi connectivity index (χ4n) is 2.92. The summed E-state index contributed by atoms with van der Waals surface area (Å²) >= 11 is 1.64. The van der Waals surface area contributed by atoms with Crippen LogP contribution in [0.15, 0.2) is 73.1 Å². The van der Waals surface area contributed by atoms with Crippen LogP contribution in [-0.2, 0) is 0 Å². The second-order valence-corrected chi connectivity index (χ2v) is 7.23. The summed E-state index contributed by atoms with van der Waals surface area (Å²) in [6, 6.07) is 20.0. The molecule has 4 nitrogen and oxygen atoms in total. The van der Waals surface area contributed by atoms with Gasteiger partial charge in [-0.05, 0) is 41.0 Å². The zero-order valence-corrected chi connectivity index (χ0v) is 15.2. The Labute approximate surface area is 156 Å². The molecule has 1 unspecified atom stereocenters. The highest BCUT2D eigenvalue weighted by molar-refractivity contribution is 7.22. The average molecular weight is 361 g/mol. The number of fused-ring (bicyclic) bond motifs is 1. The van der Waals surface area contributed by atoms with E-state index in [2.05, 4.69) is 17.1 Å². The molecule has 0 spiro atoms. The maximum atomic E-state index is 10.4. The molecular formula is C21H19N3OS. The lowest BCUT2D eigenvalue weighted by Crippen LogP contribution is -2.23. The van der Waals surface area contributed by atoms with E-state index in [0.717, 1.165) is 32.0 Å². The second kappa shape index (κ2) is 7.23. The summed E-state index contributed by atoms with van der Waals surface area (Å²) < 4.78 is 1.13. The van der Waals surface area contributed by atoms with E-state index >= 15 is 0 Å². The molecule has 0 fully saturated rings.